The third-order valence-electron chi connectivity index (χ3n) is 5.22. The average Bonchev–Trinajstić information content (AvgIpc) is 3.16. The molecule has 27 heavy (non-hydrogen) atoms. The van der Waals surface area contributed by atoms with E-state index in [0.717, 1.165) is 37.0 Å². The Balaban J connectivity index is 1.61. The number of hydrogen-bond donors (Lipinski definition) is 2. The first-order valence-corrected chi connectivity index (χ1v) is 10.1. The zero-order valence-electron chi connectivity index (χ0n) is 16.4. The van der Waals surface area contributed by atoms with Crippen LogP contribution >= 0.6 is 0 Å². The highest BCUT2D eigenvalue weighted by Gasteiger charge is 2.22. The lowest BCUT2D eigenvalue weighted by Crippen LogP contribution is -2.47. The average molecular weight is 370 g/mol. The van der Waals surface area contributed by atoms with Crippen molar-refractivity contribution in [3.8, 4) is 0 Å². The Bertz CT molecular complexity index is 710. The van der Waals surface area contributed by atoms with E-state index in [-0.39, 0.29) is 0 Å². The molecule has 0 amide bonds. The van der Waals surface area contributed by atoms with Crippen LogP contribution in [-0.4, -0.2) is 38.3 Å². The van der Waals surface area contributed by atoms with E-state index in [0.29, 0.717) is 18.5 Å². The molecule has 2 N–H and O–H groups in total. The Labute approximate surface area is 161 Å². The van der Waals surface area contributed by atoms with Crippen LogP contribution in [-0.2, 0) is 19.5 Å². The van der Waals surface area contributed by atoms with Gasteiger partial charge in [-0.05, 0) is 30.9 Å². The summed E-state index contributed by atoms with van der Waals surface area (Å²) in [5.74, 6) is 2.55. The number of nitrogens with zero attached hydrogens (tertiary/aromatic N) is 5. The molecular formula is C20H31N7. The minimum atomic E-state index is 0.481. The number of pyridine rings is 1. The molecule has 7 nitrogen and oxygen atoms in total. The SMILES string of the molecule is CCc1nncn1CCNC(=NCc1ccccn1)NC1CCCCC1C. The van der Waals surface area contributed by atoms with E-state index in [1.807, 2.05) is 24.4 Å². The second kappa shape index (κ2) is 10.0. The predicted octanol–water partition coefficient (Wildman–Crippen LogP) is 2.55. The third-order valence-corrected chi connectivity index (χ3v) is 5.22. The molecule has 2 aromatic heterocycles. The van der Waals surface area contributed by atoms with Crippen LogP contribution in [0.25, 0.3) is 0 Å². The first-order chi connectivity index (χ1) is 13.3. The van der Waals surface area contributed by atoms with Gasteiger partial charge in [0.15, 0.2) is 5.96 Å². The van der Waals surface area contributed by atoms with Crippen molar-refractivity contribution in [1.82, 2.24) is 30.4 Å². The minimum absolute atomic E-state index is 0.481. The summed E-state index contributed by atoms with van der Waals surface area (Å²) >= 11 is 0. The van der Waals surface area contributed by atoms with Gasteiger partial charge in [-0.2, -0.15) is 0 Å². The lowest BCUT2D eigenvalue weighted by atomic mass is 9.86. The lowest BCUT2D eigenvalue weighted by molar-refractivity contribution is 0.306. The summed E-state index contributed by atoms with van der Waals surface area (Å²) in [6.07, 6.45) is 9.60. The second-order valence-electron chi connectivity index (χ2n) is 7.22. The highest BCUT2D eigenvalue weighted by Crippen LogP contribution is 2.23. The fourth-order valence-corrected chi connectivity index (χ4v) is 3.54. The van der Waals surface area contributed by atoms with Gasteiger partial charge in [0.05, 0.1) is 12.2 Å². The van der Waals surface area contributed by atoms with Crippen molar-refractivity contribution in [3.63, 3.8) is 0 Å². The molecular weight excluding hydrogens is 338 g/mol. The number of aromatic nitrogens is 4. The molecule has 3 rings (SSSR count). The number of hydrogen-bond acceptors (Lipinski definition) is 4. The van der Waals surface area contributed by atoms with Crippen LogP contribution in [0.4, 0.5) is 0 Å². The van der Waals surface area contributed by atoms with E-state index < -0.39 is 0 Å². The molecule has 0 spiro atoms. The van der Waals surface area contributed by atoms with Gasteiger partial charge >= 0.3 is 0 Å². The zero-order valence-corrected chi connectivity index (χ0v) is 16.4. The molecule has 1 fully saturated rings. The van der Waals surface area contributed by atoms with Gasteiger partial charge in [-0.1, -0.05) is 32.8 Å². The lowest BCUT2D eigenvalue weighted by Gasteiger charge is -2.31. The molecule has 2 heterocycles. The third kappa shape index (κ3) is 5.77. The summed E-state index contributed by atoms with van der Waals surface area (Å²) in [7, 11) is 0. The largest absolute Gasteiger partial charge is 0.355 e. The summed E-state index contributed by atoms with van der Waals surface area (Å²) in [5.41, 5.74) is 0.974. The van der Waals surface area contributed by atoms with Crippen molar-refractivity contribution >= 4 is 5.96 Å². The second-order valence-corrected chi connectivity index (χ2v) is 7.22. The zero-order chi connectivity index (χ0) is 18.9. The van der Waals surface area contributed by atoms with Crippen LogP contribution < -0.4 is 10.6 Å². The summed E-state index contributed by atoms with van der Waals surface area (Å²) in [5, 5.41) is 15.3. The van der Waals surface area contributed by atoms with Crippen molar-refractivity contribution in [3.05, 3.63) is 42.2 Å². The van der Waals surface area contributed by atoms with Gasteiger partial charge in [-0.15, -0.1) is 10.2 Å². The Morgan fingerprint density at radius 2 is 2.19 bits per heavy atom. The molecule has 1 aliphatic rings. The van der Waals surface area contributed by atoms with E-state index in [9.17, 15) is 0 Å². The standard InChI is InChI=1S/C20H31N7/c1-3-19-26-24-15-27(19)13-12-22-20(23-14-17-9-6-7-11-21-17)25-18-10-5-4-8-16(18)2/h6-7,9,11,15-16,18H,3-5,8,10,12-14H2,1-2H3,(H2,22,23,25). The van der Waals surface area contributed by atoms with E-state index in [1.165, 1.54) is 25.7 Å². The maximum atomic E-state index is 4.78. The van der Waals surface area contributed by atoms with Crippen LogP contribution in [0.1, 0.15) is 51.0 Å². The number of guanidine groups is 1. The molecule has 0 saturated heterocycles. The molecule has 2 atom stereocenters. The quantitative estimate of drug-likeness (QED) is 0.579. The van der Waals surface area contributed by atoms with Crippen molar-refractivity contribution in [1.29, 1.82) is 0 Å². The topological polar surface area (TPSA) is 80.0 Å². The van der Waals surface area contributed by atoms with Gasteiger partial charge < -0.3 is 15.2 Å². The van der Waals surface area contributed by atoms with Crippen molar-refractivity contribution in [2.45, 2.75) is 65.1 Å². The Kier molecular flexibility index (Phi) is 7.19. The van der Waals surface area contributed by atoms with Crippen LogP contribution in [0, 0.1) is 5.92 Å². The summed E-state index contributed by atoms with van der Waals surface area (Å²) in [4.78, 5) is 9.15. The Morgan fingerprint density at radius 3 is 2.96 bits per heavy atom. The molecule has 2 aromatic rings. The molecule has 146 valence electrons. The first-order valence-electron chi connectivity index (χ1n) is 10.1. The summed E-state index contributed by atoms with van der Waals surface area (Å²) in [6, 6.07) is 6.42. The molecule has 1 aliphatic carbocycles. The molecule has 2 unspecified atom stereocenters. The summed E-state index contributed by atoms with van der Waals surface area (Å²) < 4.78 is 2.09. The maximum absolute atomic E-state index is 4.78. The highest BCUT2D eigenvalue weighted by molar-refractivity contribution is 5.80. The molecule has 0 radical (unpaired) electrons. The summed E-state index contributed by atoms with van der Waals surface area (Å²) in [6.45, 7) is 6.60. The number of rotatable bonds is 7. The van der Waals surface area contributed by atoms with Crippen LogP contribution in [0.3, 0.4) is 0 Å². The molecule has 0 aliphatic heterocycles. The monoisotopic (exact) mass is 369 g/mol. The number of nitrogens with one attached hydrogen (secondary N) is 2. The molecule has 0 bridgehead atoms. The Hall–Kier alpha value is -2.44. The van der Waals surface area contributed by atoms with Crippen LogP contribution in [0.5, 0.6) is 0 Å². The maximum Gasteiger partial charge on any atom is 0.191 e. The Morgan fingerprint density at radius 1 is 1.30 bits per heavy atom. The van der Waals surface area contributed by atoms with Gasteiger partial charge in [0, 0.05) is 31.7 Å². The van der Waals surface area contributed by atoms with Gasteiger partial charge in [-0.3, -0.25) is 4.98 Å². The van der Waals surface area contributed by atoms with Crippen LogP contribution in [0.15, 0.2) is 35.7 Å². The van der Waals surface area contributed by atoms with Crippen LogP contribution in [0.2, 0.25) is 0 Å². The number of aliphatic imine (C=N–C) groups is 1. The van der Waals surface area contributed by atoms with E-state index in [1.54, 1.807) is 6.33 Å². The van der Waals surface area contributed by atoms with Crippen molar-refractivity contribution < 1.29 is 0 Å². The van der Waals surface area contributed by atoms with E-state index in [4.69, 9.17) is 4.99 Å². The number of aryl methyl sites for hydroxylation is 1. The minimum Gasteiger partial charge on any atom is -0.355 e. The normalized spacial score (nSPS) is 20.4. The van der Waals surface area contributed by atoms with Gasteiger partial charge in [-0.25, -0.2) is 4.99 Å². The van der Waals surface area contributed by atoms with Gasteiger partial charge in [0.2, 0.25) is 0 Å². The van der Waals surface area contributed by atoms with Crippen molar-refractivity contribution in [2.24, 2.45) is 10.9 Å². The first kappa shape index (κ1) is 19.3. The fourth-order valence-electron chi connectivity index (χ4n) is 3.54. The predicted molar refractivity (Wildman–Crippen MR) is 107 cm³/mol. The molecule has 1 saturated carbocycles. The van der Waals surface area contributed by atoms with Crippen molar-refractivity contribution in [2.75, 3.05) is 6.54 Å². The van der Waals surface area contributed by atoms with Gasteiger partial charge in [0.25, 0.3) is 0 Å². The van der Waals surface area contributed by atoms with Gasteiger partial charge in [0.1, 0.15) is 12.2 Å². The molecule has 0 aromatic carbocycles. The van der Waals surface area contributed by atoms with E-state index in [2.05, 4.69) is 44.2 Å². The molecule has 7 heteroatoms. The smallest absolute Gasteiger partial charge is 0.191 e. The fraction of sp³-hybridized carbons (Fsp3) is 0.600. The van der Waals surface area contributed by atoms with E-state index >= 15 is 0 Å². The highest BCUT2D eigenvalue weighted by atomic mass is 15.3.